The van der Waals surface area contributed by atoms with Crippen LogP contribution in [-0.4, -0.2) is 70.4 Å². The lowest BCUT2D eigenvalue weighted by Crippen LogP contribution is -2.88. The molecule has 0 aromatic carbocycles. The van der Waals surface area contributed by atoms with Gasteiger partial charge in [-0.05, 0) is 0 Å². The molecule has 208 valence electrons. The summed E-state index contributed by atoms with van der Waals surface area (Å²) in [6.45, 7) is -20.7. The summed E-state index contributed by atoms with van der Waals surface area (Å²) in [7, 11) is -50.3. The summed E-state index contributed by atoms with van der Waals surface area (Å²) < 4.78 is 282. The van der Waals surface area contributed by atoms with Crippen molar-refractivity contribution in [3.8, 4) is 0 Å². The predicted octanol–water partition coefficient (Wildman–Crippen LogP) is 3.92. The summed E-state index contributed by atoms with van der Waals surface area (Å²) in [6, 6.07) is -21.8. The van der Waals surface area contributed by atoms with Gasteiger partial charge in [-0.2, -0.15) is 0 Å². The first kappa shape index (κ1) is 11.5. The van der Waals surface area contributed by atoms with Crippen LogP contribution in [0.1, 0.15) is 87.9 Å². The van der Waals surface area contributed by atoms with Gasteiger partial charge in [0.25, 0.3) is 0 Å². The average molecular weight is 673 g/mol. The average Bonchev–Trinajstić information content (AvgIpc) is 3.10. The molecule has 8 unspecified atom stereocenters. The van der Waals surface area contributed by atoms with Gasteiger partial charge in [0, 0.05) is 81.1 Å². The van der Waals surface area contributed by atoms with Crippen LogP contribution < -0.4 is 0 Å². The third-order valence-corrected chi connectivity index (χ3v) is 35.6. The van der Waals surface area contributed by atoms with Gasteiger partial charge in [0.15, 0.2) is 0 Å². The molecule has 0 aromatic rings. The lowest BCUT2D eigenvalue weighted by molar-refractivity contribution is -0.0285. The van der Waals surface area contributed by atoms with Crippen LogP contribution in [0.4, 0.5) is 0 Å². The Balaban J connectivity index is 2.17. The minimum absolute atomic E-state index is 2.59. The third-order valence-electron chi connectivity index (χ3n) is 5.05. The smallest absolute Gasteiger partial charge is 0.373 e. The summed E-state index contributed by atoms with van der Waals surface area (Å²) in [5.74, 6) is 0. The molecule has 8 atom stereocenters. The zero-order chi connectivity index (χ0) is 45.7. The second-order valence-corrected chi connectivity index (χ2v) is 29.5. The van der Waals surface area contributed by atoms with Crippen molar-refractivity contribution in [2.75, 3.05) is 0 Å². The topological polar surface area (TPSA) is 111 Å². The maximum absolute atomic E-state index is 9.14. The molecule has 0 radical (unpaired) electrons. The Hall–Kier alpha value is 1.26. The van der Waals surface area contributed by atoms with Crippen molar-refractivity contribution < 1.29 is 82.3 Å². The quantitative estimate of drug-likeness (QED) is 0.349. The highest BCUT2D eigenvalue weighted by Gasteiger charge is 2.81. The van der Waals surface area contributed by atoms with E-state index in [1.165, 1.54) is 0 Å². The van der Waals surface area contributed by atoms with Gasteiger partial charge in [-0.25, -0.2) is 0 Å². The molecule has 0 amide bonds. The van der Waals surface area contributed by atoms with Crippen LogP contribution in [0.3, 0.4) is 0 Å². The Bertz CT molecular complexity index is 1150. The highest BCUT2D eigenvalue weighted by Crippen LogP contribution is 2.52. The van der Waals surface area contributed by atoms with E-state index >= 15 is 0 Å². The molecule has 6 aliphatic rings. The van der Waals surface area contributed by atoms with Crippen molar-refractivity contribution in [3.05, 3.63) is 0 Å². The van der Waals surface area contributed by atoms with Gasteiger partial charge in [0.2, 0.25) is 0 Å². The minimum Gasteiger partial charge on any atom is -0.373 e. The molecule has 36 heavy (non-hydrogen) atoms. The highest BCUT2D eigenvalue weighted by molar-refractivity contribution is 7.03. The number of rotatable bonds is 8. The van der Waals surface area contributed by atoms with Crippen LogP contribution in [0.25, 0.3) is 0 Å². The summed E-state index contributed by atoms with van der Waals surface area (Å²) in [5.41, 5.74) is 0. The van der Waals surface area contributed by atoms with E-state index in [2.05, 4.69) is 0 Å². The van der Waals surface area contributed by atoms with Crippen molar-refractivity contribution in [3.63, 3.8) is 0 Å². The first-order chi connectivity index (χ1) is 27.3. The van der Waals surface area contributed by atoms with E-state index in [9.17, 15) is 0 Å². The van der Waals surface area contributed by atoms with E-state index in [-0.39, 0.29) is 0 Å². The molecule has 0 saturated carbocycles. The monoisotopic (exact) mass is 672 g/mol. The fourth-order valence-corrected chi connectivity index (χ4v) is 42.3. The molecule has 0 N–H and O–H groups in total. The van der Waals surface area contributed by atoms with Crippen LogP contribution in [0, 0.1) is 0 Å². The van der Waals surface area contributed by atoms with Crippen molar-refractivity contribution >= 4 is 70.4 Å². The maximum Gasteiger partial charge on any atom is 0.478 e. The molecule has 0 aromatic heterocycles. The fraction of sp³-hybridized carbons (Fsp3) is 1.00. The molecule has 0 aliphatic carbocycles. The Morgan fingerprint density at radius 2 is 0.417 bits per heavy atom. The van der Waals surface area contributed by atoms with Crippen molar-refractivity contribution in [2.24, 2.45) is 0 Å². The molecule has 6 heterocycles. The summed E-state index contributed by atoms with van der Waals surface area (Å²) >= 11 is 0. The van der Waals surface area contributed by atoms with Crippen LogP contribution in [-0.2, 0) is 49.4 Å². The van der Waals surface area contributed by atoms with E-state index < -0.39 is 174 Å². The largest absolute Gasteiger partial charge is 0.478 e. The molecule has 6 fully saturated rings. The van der Waals surface area contributed by atoms with Crippen molar-refractivity contribution in [2.45, 2.75) is 103 Å². The summed E-state index contributed by atoms with van der Waals surface area (Å²) in [5, 5.41) is 0. The second-order valence-electron chi connectivity index (χ2n) is 7.39. The van der Waals surface area contributed by atoms with Gasteiger partial charge in [0.1, 0.15) is 0 Å². The van der Waals surface area contributed by atoms with E-state index in [0.717, 1.165) is 0 Å². The lowest BCUT2D eigenvalue weighted by atomic mass is 11.0. The zero-order valence-corrected chi connectivity index (χ0v) is 26.1. The van der Waals surface area contributed by atoms with E-state index in [1.807, 2.05) is 0 Å². The standard InChI is InChI=1S/C16H40O12Si8/c1-9-29-17-30(10-2)20-33(13-5)22-31(11-3,18-29)24-35(15-7)25-32(12-4,19-29)23-34(14-6,21-30)27-36(16-8,26-33)28-35/h9-16H2,1-8H3/i1D2,2D2,3D2,4D2,5D2,6D2,7D2,8D2,9D,10D,11D,12D,13D,14D,15D,16D. The molecule has 8 bridgehead atoms. The predicted molar refractivity (Wildman–Crippen MR) is 143 cm³/mol. The van der Waals surface area contributed by atoms with E-state index in [0.29, 0.717) is 0 Å². The van der Waals surface area contributed by atoms with E-state index in [4.69, 9.17) is 82.3 Å². The molecule has 6 rings (SSSR count). The maximum atomic E-state index is 9.14. The molecule has 20 heteroatoms. The molecule has 6 aliphatic heterocycles. The van der Waals surface area contributed by atoms with Crippen LogP contribution in [0.2, 0.25) is 48.2 Å². The van der Waals surface area contributed by atoms with Gasteiger partial charge in [-0.15, -0.1) is 0 Å². The molecular formula is C16H40O12Si8. The van der Waals surface area contributed by atoms with Crippen LogP contribution in [0.5, 0.6) is 0 Å². The van der Waals surface area contributed by atoms with Crippen molar-refractivity contribution in [1.29, 1.82) is 0 Å². The second kappa shape index (κ2) is 9.40. The van der Waals surface area contributed by atoms with Gasteiger partial charge < -0.3 is 49.4 Å². The number of hydrogen-bond acceptors (Lipinski definition) is 12. The highest BCUT2D eigenvalue weighted by atomic mass is 28.6. The van der Waals surface area contributed by atoms with Gasteiger partial charge in [-0.3, -0.25) is 0 Å². The summed E-state index contributed by atoms with van der Waals surface area (Å²) in [4.78, 5) is 0. The van der Waals surface area contributed by atoms with Crippen molar-refractivity contribution in [1.82, 2.24) is 0 Å². The van der Waals surface area contributed by atoms with Crippen LogP contribution in [0.15, 0.2) is 0 Å². The Morgan fingerprint density at radius 1 is 0.306 bits per heavy atom. The fourth-order valence-electron chi connectivity index (χ4n) is 3.70. The molecule has 0 spiro atoms. The van der Waals surface area contributed by atoms with Gasteiger partial charge in [-0.1, -0.05) is 55.0 Å². The normalized spacial score (nSPS) is 71.3. The molecule has 6 saturated heterocycles. The Labute approximate surface area is 256 Å². The minimum atomic E-state index is -6.29. The summed E-state index contributed by atoms with van der Waals surface area (Å²) in [6.07, 6.45) is 0. The lowest BCUT2D eigenvalue weighted by Gasteiger charge is -2.62. The first-order valence-electron chi connectivity index (χ1n) is 23.7. The first-order valence-corrected chi connectivity index (χ1v) is 24.3. The zero-order valence-electron chi connectivity index (χ0n) is 42.1. The molecular weight excluding hydrogens is 609 g/mol. The van der Waals surface area contributed by atoms with Crippen LogP contribution >= 0.6 is 0 Å². The number of hydrogen-bond donors (Lipinski definition) is 0. The van der Waals surface area contributed by atoms with E-state index in [1.54, 1.807) is 0 Å². The Kier molecular flexibility index (Phi) is 3.00. The molecule has 12 nitrogen and oxygen atoms in total. The Morgan fingerprint density at radius 3 is 0.500 bits per heavy atom. The third kappa shape index (κ3) is 4.37. The van der Waals surface area contributed by atoms with Gasteiger partial charge in [0.05, 0.1) is 0 Å². The SMILES string of the molecule is [2H]C([2H])C([2H])[Si]12O[Si]3(C([2H])C([2H])[2H])O[Si]4(C([2H])C([2H])[2H])O[Si](C([2H])C([2H])[2H])(O1)O[Si]1(C([2H])C([2H])[2H])O[Si](C([2H])C([2H])[2H])(O2)O[Si](C([2H])C([2H])[2H])(O3)O[Si](C([2H])C([2H])[2H])(O4)O1. The van der Waals surface area contributed by atoms with Gasteiger partial charge >= 0.3 is 70.4 Å².